The maximum absolute atomic E-state index is 12.5. The van der Waals surface area contributed by atoms with E-state index in [-0.39, 0.29) is 18.3 Å². The highest BCUT2D eigenvalue weighted by Gasteiger charge is 2.31. The van der Waals surface area contributed by atoms with Crippen LogP contribution < -0.4 is 10.5 Å². The van der Waals surface area contributed by atoms with Gasteiger partial charge < -0.3 is 15.2 Å². The molecule has 1 saturated heterocycles. The number of rotatable bonds is 8. The van der Waals surface area contributed by atoms with Gasteiger partial charge in [0.25, 0.3) is 0 Å². The Kier molecular flexibility index (Phi) is 8.28. The summed E-state index contributed by atoms with van der Waals surface area (Å²) in [7, 11) is -3.43. The summed E-state index contributed by atoms with van der Waals surface area (Å²) >= 11 is 0. The molecular weight excluding hydrogens is 340 g/mol. The van der Waals surface area contributed by atoms with Crippen LogP contribution in [0.1, 0.15) is 13.3 Å². The van der Waals surface area contributed by atoms with Gasteiger partial charge in [0, 0.05) is 19.7 Å². The zero-order valence-electron chi connectivity index (χ0n) is 13.3. The molecule has 2 rings (SSSR count). The van der Waals surface area contributed by atoms with E-state index in [4.69, 9.17) is 15.2 Å². The molecule has 1 atom stereocenters. The molecule has 1 aliphatic heterocycles. The predicted octanol–water partition coefficient (Wildman–Crippen LogP) is 1.49. The van der Waals surface area contributed by atoms with Crippen LogP contribution in [-0.2, 0) is 14.8 Å². The van der Waals surface area contributed by atoms with E-state index in [1.54, 1.807) is 24.3 Å². The van der Waals surface area contributed by atoms with Gasteiger partial charge in [-0.15, -0.1) is 12.4 Å². The zero-order valence-corrected chi connectivity index (χ0v) is 14.9. The highest BCUT2D eigenvalue weighted by molar-refractivity contribution is 7.89. The highest BCUT2D eigenvalue weighted by atomic mass is 35.5. The maximum atomic E-state index is 12.5. The fourth-order valence-electron chi connectivity index (χ4n) is 2.43. The third kappa shape index (κ3) is 5.32. The van der Waals surface area contributed by atoms with Crippen LogP contribution >= 0.6 is 12.4 Å². The first-order valence-electron chi connectivity index (χ1n) is 7.58. The smallest absolute Gasteiger partial charge is 0.243 e. The standard InChI is InChI=1S/C15H24N2O4S.ClH/c1-2-20-9-10-21-14-3-5-15(6-4-14)22(18,19)17-8-7-13(11-16)12-17;/h3-6,13H,2,7-12,16H2,1H3;1H. The Morgan fingerprint density at radius 1 is 1.26 bits per heavy atom. The predicted molar refractivity (Wildman–Crippen MR) is 91.6 cm³/mol. The molecule has 0 radical (unpaired) electrons. The van der Waals surface area contributed by atoms with Crippen LogP contribution in [0.15, 0.2) is 29.2 Å². The lowest BCUT2D eigenvalue weighted by molar-refractivity contribution is 0.110. The molecule has 1 unspecified atom stereocenters. The van der Waals surface area contributed by atoms with Gasteiger partial charge in [0.2, 0.25) is 10.0 Å². The SMILES string of the molecule is CCOCCOc1ccc(S(=O)(=O)N2CCC(CN)C2)cc1.Cl. The Bertz CT molecular complexity index is 565. The summed E-state index contributed by atoms with van der Waals surface area (Å²) in [6, 6.07) is 6.52. The third-order valence-corrected chi connectivity index (χ3v) is 5.62. The molecular formula is C15H25ClN2O4S. The van der Waals surface area contributed by atoms with E-state index in [1.165, 1.54) is 4.31 Å². The van der Waals surface area contributed by atoms with E-state index < -0.39 is 10.0 Å². The van der Waals surface area contributed by atoms with Crippen molar-refractivity contribution in [3.63, 3.8) is 0 Å². The van der Waals surface area contributed by atoms with E-state index in [2.05, 4.69) is 0 Å². The summed E-state index contributed by atoms with van der Waals surface area (Å²) in [6.07, 6.45) is 0.828. The number of nitrogens with two attached hydrogens (primary N) is 1. The van der Waals surface area contributed by atoms with Crippen molar-refractivity contribution in [3.05, 3.63) is 24.3 Å². The van der Waals surface area contributed by atoms with Crippen LogP contribution in [0.25, 0.3) is 0 Å². The summed E-state index contributed by atoms with van der Waals surface area (Å²) < 4.78 is 37.2. The molecule has 0 aromatic heterocycles. The van der Waals surface area contributed by atoms with E-state index in [0.717, 1.165) is 6.42 Å². The van der Waals surface area contributed by atoms with Gasteiger partial charge >= 0.3 is 0 Å². The second-order valence-electron chi connectivity index (χ2n) is 5.27. The Hall–Kier alpha value is -0.860. The van der Waals surface area contributed by atoms with E-state index >= 15 is 0 Å². The van der Waals surface area contributed by atoms with Crippen molar-refractivity contribution in [2.45, 2.75) is 18.2 Å². The van der Waals surface area contributed by atoms with E-state index in [0.29, 0.717) is 50.1 Å². The second-order valence-corrected chi connectivity index (χ2v) is 7.21. The minimum absolute atomic E-state index is 0. The molecule has 2 N–H and O–H groups in total. The largest absolute Gasteiger partial charge is 0.491 e. The average Bonchev–Trinajstić information content (AvgIpc) is 3.02. The summed E-state index contributed by atoms with van der Waals surface area (Å²) in [5.41, 5.74) is 5.62. The zero-order chi connectivity index (χ0) is 16.0. The Morgan fingerprint density at radius 3 is 2.52 bits per heavy atom. The van der Waals surface area contributed by atoms with Gasteiger partial charge in [0.1, 0.15) is 12.4 Å². The molecule has 0 saturated carbocycles. The molecule has 1 aromatic rings. The van der Waals surface area contributed by atoms with Crippen molar-refractivity contribution < 1.29 is 17.9 Å². The number of halogens is 1. The summed E-state index contributed by atoms with van der Waals surface area (Å²) in [5, 5.41) is 0. The Labute approximate surface area is 144 Å². The van der Waals surface area contributed by atoms with Crippen LogP contribution in [0, 0.1) is 5.92 Å². The van der Waals surface area contributed by atoms with Gasteiger partial charge in [-0.25, -0.2) is 8.42 Å². The summed E-state index contributed by atoms with van der Waals surface area (Å²) in [4.78, 5) is 0.294. The van der Waals surface area contributed by atoms with Crippen molar-refractivity contribution >= 4 is 22.4 Å². The lowest BCUT2D eigenvalue weighted by atomic mass is 10.1. The van der Waals surface area contributed by atoms with Crippen LogP contribution in [0.3, 0.4) is 0 Å². The van der Waals surface area contributed by atoms with Crippen LogP contribution in [0.4, 0.5) is 0 Å². The van der Waals surface area contributed by atoms with Crippen LogP contribution in [0.5, 0.6) is 5.75 Å². The lowest BCUT2D eigenvalue weighted by Gasteiger charge is -2.16. The summed E-state index contributed by atoms with van der Waals surface area (Å²) in [5.74, 6) is 0.899. The number of benzene rings is 1. The molecule has 1 aromatic carbocycles. The van der Waals surface area contributed by atoms with Crippen molar-refractivity contribution in [2.75, 3.05) is 39.5 Å². The van der Waals surface area contributed by atoms with Gasteiger partial charge in [-0.3, -0.25) is 0 Å². The van der Waals surface area contributed by atoms with Gasteiger partial charge in [-0.2, -0.15) is 4.31 Å². The van der Waals surface area contributed by atoms with Crippen LogP contribution in [-0.4, -0.2) is 52.2 Å². The number of nitrogens with zero attached hydrogens (tertiary/aromatic N) is 1. The topological polar surface area (TPSA) is 81.9 Å². The molecule has 0 amide bonds. The molecule has 1 heterocycles. The average molecular weight is 365 g/mol. The minimum Gasteiger partial charge on any atom is -0.491 e. The first kappa shape index (κ1) is 20.2. The highest BCUT2D eigenvalue weighted by Crippen LogP contribution is 2.25. The van der Waals surface area contributed by atoms with Crippen molar-refractivity contribution in [3.8, 4) is 5.75 Å². The third-order valence-electron chi connectivity index (χ3n) is 3.74. The molecule has 132 valence electrons. The van der Waals surface area contributed by atoms with Gasteiger partial charge in [-0.1, -0.05) is 0 Å². The molecule has 6 nitrogen and oxygen atoms in total. The number of hydrogen-bond donors (Lipinski definition) is 1. The lowest BCUT2D eigenvalue weighted by Crippen LogP contribution is -2.30. The molecule has 23 heavy (non-hydrogen) atoms. The number of sulfonamides is 1. The molecule has 0 spiro atoms. The van der Waals surface area contributed by atoms with Crippen molar-refractivity contribution in [2.24, 2.45) is 11.7 Å². The van der Waals surface area contributed by atoms with Gasteiger partial charge in [0.15, 0.2) is 0 Å². The first-order valence-corrected chi connectivity index (χ1v) is 9.02. The first-order chi connectivity index (χ1) is 10.6. The second kappa shape index (κ2) is 9.44. The number of hydrogen-bond acceptors (Lipinski definition) is 5. The summed E-state index contributed by atoms with van der Waals surface area (Å²) in [6.45, 7) is 5.11. The Balaban J connectivity index is 0.00000264. The quantitative estimate of drug-likeness (QED) is 0.707. The molecule has 1 fully saturated rings. The Morgan fingerprint density at radius 2 is 1.96 bits per heavy atom. The van der Waals surface area contributed by atoms with Gasteiger partial charge in [-0.05, 0) is 50.1 Å². The van der Waals surface area contributed by atoms with Gasteiger partial charge in [0.05, 0.1) is 11.5 Å². The molecule has 0 aliphatic carbocycles. The molecule has 8 heteroatoms. The van der Waals surface area contributed by atoms with Crippen molar-refractivity contribution in [1.29, 1.82) is 0 Å². The van der Waals surface area contributed by atoms with Crippen molar-refractivity contribution in [1.82, 2.24) is 4.31 Å². The van der Waals surface area contributed by atoms with Crippen LogP contribution in [0.2, 0.25) is 0 Å². The normalized spacial score (nSPS) is 18.6. The molecule has 0 bridgehead atoms. The minimum atomic E-state index is -3.43. The van der Waals surface area contributed by atoms with E-state index in [9.17, 15) is 8.42 Å². The van der Waals surface area contributed by atoms with E-state index in [1.807, 2.05) is 6.92 Å². The molecule has 1 aliphatic rings. The maximum Gasteiger partial charge on any atom is 0.243 e. The monoisotopic (exact) mass is 364 g/mol. The fourth-order valence-corrected chi connectivity index (χ4v) is 3.96. The fraction of sp³-hybridized carbons (Fsp3) is 0.600. The number of ether oxygens (including phenoxy) is 2.